The van der Waals surface area contributed by atoms with Gasteiger partial charge in [-0.05, 0) is 50.1 Å². The molecule has 1 fully saturated rings. The van der Waals surface area contributed by atoms with Crippen LogP contribution in [0.2, 0.25) is 0 Å². The lowest BCUT2D eigenvalue weighted by atomic mass is 10.2. The third kappa shape index (κ3) is 4.38. The largest absolute Gasteiger partial charge is 0.497 e. The Labute approximate surface area is 192 Å². The molecule has 0 unspecified atom stereocenters. The smallest absolute Gasteiger partial charge is 0.189 e. The highest BCUT2D eigenvalue weighted by Gasteiger charge is 2.18. The third-order valence-corrected chi connectivity index (χ3v) is 6.38. The molecule has 3 aromatic heterocycles. The number of methoxy groups -OCH3 is 1. The van der Waals surface area contributed by atoms with Gasteiger partial charge in [0.1, 0.15) is 30.1 Å². The van der Waals surface area contributed by atoms with Crippen LogP contribution in [0.4, 0.5) is 0 Å². The summed E-state index contributed by atoms with van der Waals surface area (Å²) in [5.74, 6) is 2.16. The maximum Gasteiger partial charge on any atom is 0.189 e. The van der Waals surface area contributed by atoms with E-state index in [1.807, 2.05) is 24.3 Å². The summed E-state index contributed by atoms with van der Waals surface area (Å²) in [7, 11) is 1.65. The molecule has 1 aliphatic rings. The van der Waals surface area contributed by atoms with Gasteiger partial charge in [-0.25, -0.2) is 14.5 Å². The van der Waals surface area contributed by atoms with Gasteiger partial charge in [0.25, 0.3) is 0 Å². The Morgan fingerprint density at radius 1 is 1.00 bits per heavy atom. The van der Waals surface area contributed by atoms with Gasteiger partial charge in [0, 0.05) is 31.9 Å². The van der Waals surface area contributed by atoms with E-state index in [2.05, 4.69) is 28.4 Å². The molecular weight excluding hydrogens is 420 g/mol. The molecule has 4 heterocycles. The van der Waals surface area contributed by atoms with E-state index in [0.29, 0.717) is 5.82 Å². The number of ether oxygens (including phenoxy) is 3. The number of benzene rings is 1. The lowest BCUT2D eigenvalue weighted by Crippen LogP contribution is -2.37. The van der Waals surface area contributed by atoms with Crippen molar-refractivity contribution in [3.63, 3.8) is 0 Å². The minimum absolute atomic E-state index is 0.286. The van der Waals surface area contributed by atoms with Crippen LogP contribution >= 0.6 is 0 Å². The zero-order valence-corrected chi connectivity index (χ0v) is 19.5. The van der Waals surface area contributed by atoms with Crippen molar-refractivity contribution in [2.75, 3.05) is 40.0 Å². The molecule has 1 saturated heterocycles. The van der Waals surface area contributed by atoms with E-state index in [9.17, 15) is 0 Å². The molecule has 0 atom stereocenters. The molecule has 0 N–H and O–H groups in total. The lowest BCUT2D eigenvalue weighted by Gasteiger charge is -2.26. The minimum Gasteiger partial charge on any atom is -0.497 e. The summed E-state index contributed by atoms with van der Waals surface area (Å²) in [5, 5.41) is 5.64. The van der Waals surface area contributed by atoms with E-state index in [1.54, 1.807) is 18.0 Å². The molecule has 0 aliphatic carbocycles. The average Bonchev–Trinajstić information content (AvgIpc) is 3.38. The number of nitrogens with zero attached hydrogens (tertiary/aromatic N) is 6. The van der Waals surface area contributed by atoms with E-state index in [4.69, 9.17) is 24.2 Å². The number of morpholine rings is 1. The van der Waals surface area contributed by atoms with Gasteiger partial charge in [-0.1, -0.05) is 0 Å². The molecule has 1 aromatic carbocycles. The van der Waals surface area contributed by atoms with Crippen LogP contribution in [0, 0.1) is 13.8 Å². The molecule has 0 saturated carbocycles. The molecule has 33 heavy (non-hydrogen) atoms. The van der Waals surface area contributed by atoms with E-state index in [-0.39, 0.29) is 6.61 Å². The summed E-state index contributed by atoms with van der Waals surface area (Å²) in [6.07, 6.45) is 2.82. The molecule has 174 valence electrons. The van der Waals surface area contributed by atoms with Crippen molar-refractivity contribution < 1.29 is 14.2 Å². The highest BCUT2D eigenvalue weighted by Crippen LogP contribution is 2.27. The monoisotopic (exact) mass is 450 g/mol. The molecule has 9 heteroatoms. The molecule has 1 aliphatic heterocycles. The Balaban J connectivity index is 1.35. The zero-order valence-electron chi connectivity index (χ0n) is 19.5. The van der Waals surface area contributed by atoms with Crippen molar-refractivity contribution in [1.29, 1.82) is 0 Å². The number of hydrogen-bond donors (Lipinski definition) is 0. The summed E-state index contributed by atoms with van der Waals surface area (Å²) < 4.78 is 20.6. The second-order valence-corrected chi connectivity index (χ2v) is 8.37. The van der Waals surface area contributed by atoms with Crippen LogP contribution in [0.25, 0.3) is 16.7 Å². The number of fused-ring (bicyclic) bond motifs is 3. The van der Waals surface area contributed by atoms with Crippen LogP contribution in [0.3, 0.4) is 0 Å². The molecule has 0 radical (unpaired) electrons. The lowest BCUT2D eigenvalue weighted by molar-refractivity contribution is 0.0369. The summed E-state index contributed by atoms with van der Waals surface area (Å²) in [6, 6.07) is 7.49. The van der Waals surface area contributed by atoms with Crippen LogP contribution in [0.1, 0.15) is 23.5 Å². The van der Waals surface area contributed by atoms with Crippen LogP contribution in [-0.2, 0) is 17.9 Å². The van der Waals surface area contributed by atoms with Gasteiger partial charge in [-0.3, -0.25) is 4.90 Å². The Kier molecular flexibility index (Phi) is 6.15. The van der Waals surface area contributed by atoms with Crippen molar-refractivity contribution >= 4 is 16.7 Å². The van der Waals surface area contributed by atoms with Crippen molar-refractivity contribution in [3.8, 4) is 11.5 Å². The maximum atomic E-state index is 5.87. The summed E-state index contributed by atoms with van der Waals surface area (Å²) >= 11 is 0. The van der Waals surface area contributed by atoms with Crippen molar-refractivity contribution in [2.45, 2.75) is 33.4 Å². The molecule has 0 spiro atoms. The first-order valence-corrected chi connectivity index (χ1v) is 11.4. The Morgan fingerprint density at radius 3 is 2.52 bits per heavy atom. The average molecular weight is 451 g/mol. The predicted octanol–water partition coefficient (Wildman–Crippen LogP) is 3.01. The standard InChI is InChI=1S/C24H30N6O3/c1-17-18(2)29(10-4-9-28-11-13-32-14-12-28)23-22(17)24-26-21(27-30(24)16-25-23)15-33-20-7-5-19(31-3)6-8-20/h5-8,16H,4,9-15H2,1-3H3. The highest BCUT2D eigenvalue weighted by molar-refractivity contribution is 5.93. The molecule has 0 bridgehead atoms. The topological polar surface area (TPSA) is 78.9 Å². The first-order chi connectivity index (χ1) is 16.1. The fourth-order valence-corrected chi connectivity index (χ4v) is 4.41. The Hall–Kier alpha value is -3.17. The second-order valence-electron chi connectivity index (χ2n) is 8.37. The summed E-state index contributed by atoms with van der Waals surface area (Å²) in [4.78, 5) is 12.0. The maximum absolute atomic E-state index is 5.87. The van der Waals surface area contributed by atoms with Gasteiger partial charge in [-0.15, -0.1) is 5.10 Å². The Bertz CT molecular complexity index is 1240. The fourth-order valence-electron chi connectivity index (χ4n) is 4.41. The quantitative estimate of drug-likeness (QED) is 0.408. The first kappa shape index (κ1) is 21.7. The zero-order chi connectivity index (χ0) is 22.8. The minimum atomic E-state index is 0.286. The van der Waals surface area contributed by atoms with Crippen molar-refractivity contribution in [2.24, 2.45) is 0 Å². The van der Waals surface area contributed by atoms with Crippen LogP contribution < -0.4 is 9.47 Å². The fraction of sp³-hybridized carbons (Fsp3) is 0.458. The van der Waals surface area contributed by atoms with E-state index >= 15 is 0 Å². The number of hydrogen-bond acceptors (Lipinski definition) is 7. The van der Waals surface area contributed by atoms with Gasteiger partial charge < -0.3 is 18.8 Å². The first-order valence-electron chi connectivity index (χ1n) is 11.4. The molecular formula is C24H30N6O3. The van der Waals surface area contributed by atoms with Gasteiger partial charge in [-0.2, -0.15) is 0 Å². The van der Waals surface area contributed by atoms with Gasteiger partial charge >= 0.3 is 0 Å². The number of rotatable bonds is 8. The SMILES string of the molecule is COc1ccc(OCc2nc3c4c(C)c(C)n(CCCN5CCOCC5)c4ncn3n2)cc1. The van der Waals surface area contributed by atoms with E-state index in [1.165, 1.54) is 11.3 Å². The predicted molar refractivity (Wildman–Crippen MR) is 125 cm³/mol. The van der Waals surface area contributed by atoms with E-state index in [0.717, 1.165) is 74.0 Å². The van der Waals surface area contributed by atoms with Crippen LogP contribution in [0.15, 0.2) is 30.6 Å². The van der Waals surface area contributed by atoms with Gasteiger partial charge in [0.05, 0.1) is 25.7 Å². The number of aromatic nitrogens is 5. The highest BCUT2D eigenvalue weighted by atomic mass is 16.5. The van der Waals surface area contributed by atoms with Crippen molar-refractivity contribution in [3.05, 3.63) is 47.7 Å². The van der Waals surface area contributed by atoms with Gasteiger partial charge in [0.15, 0.2) is 11.5 Å². The van der Waals surface area contributed by atoms with Crippen LogP contribution in [0.5, 0.6) is 11.5 Å². The molecule has 9 nitrogen and oxygen atoms in total. The Morgan fingerprint density at radius 2 is 1.76 bits per heavy atom. The number of aryl methyl sites for hydroxylation is 2. The van der Waals surface area contributed by atoms with Gasteiger partial charge in [0.2, 0.25) is 0 Å². The molecule has 0 amide bonds. The summed E-state index contributed by atoms with van der Waals surface area (Å²) in [5.41, 5.74) is 4.21. The van der Waals surface area contributed by atoms with E-state index < -0.39 is 0 Å². The van der Waals surface area contributed by atoms with Crippen molar-refractivity contribution in [1.82, 2.24) is 29.0 Å². The summed E-state index contributed by atoms with van der Waals surface area (Å²) in [6.45, 7) is 10.3. The third-order valence-electron chi connectivity index (χ3n) is 6.38. The molecule has 5 rings (SSSR count). The normalized spacial score (nSPS) is 14.9. The second kappa shape index (κ2) is 9.36. The molecule has 4 aromatic rings. The van der Waals surface area contributed by atoms with Crippen LogP contribution in [-0.4, -0.2) is 69.0 Å².